The van der Waals surface area contributed by atoms with Crippen LogP contribution in [0.15, 0.2) is 0 Å². The van der Waals surface area contributed by atoms with Gasteiger partial charge in [-0.15, -0.1) is 0 Å². The van der Waals surface area contributed by atoms with Crippen LogP contribution in [0.5, 0.6) is 0 Å². The van der Waals surface area contributed by atoms with Crippen molar-refractivity contribution >= 4 is 21.8 Å². The van der Waals surface area contributed by atoms with Gasteiger partial charge in [-0.3, -0.25) is 4.79 Å². The normalized spacial score (nSPS) is 17.9. The Hall–Kier alpha value is -0.0500. The van der Waals surface area contributed by atoms with Gasteiger partial charge in [0.05, 0.1) is 0 Å². The molecule has 0 aliphatic heterocycles. The van der Waals surface area contributed by atoms with E-state index in [4.69, 9.17) is 0 Å². The Morgan fingerprint density at radius 3 is 2.62 bits per heavy atom. The highest BCUT2D eigenvalue weighted by Crippen LogP contribution is 2.27. The average molecular weight is 290 g/mol. The number of amides is 1. The van der Waals surface area contributed by atoms with Gasteiger partial charge in [-0.1, -0.05) is 36.2 Å². The first-order valence-electron chi connectivity index (χ1n) is 6.57. The van der Waals surface area contributed by atoms with Crippen LogP contribution in [0.3, 0.4) is 0 Å². The van der Waals surface area contributed by atoms with Crippen molar-refractivity contribution in [2.45, 2.75) is 58.4 Å². The molecule has 94 valence electrons. The summed E-state index contributed by atoms with van der Waals surface area (Å²) < 4.78 is 0. The largest absolute Gasteiger partial charge is 0.339 e. The molecule has 1 amide bonds. The lowest BCUT2D eigenvalue weighted by molar-refractivity contribution is -0.139. The van der Waals surface area contributed by atoms with E-state index in [1.807, 2.05) is 0 Å². The number of rotatable bonds is 7. The number of halogens is 1. The van der Waals surface area contributed by atoms with Gasteiger partial charge in [0.25, 0.3) is 0 Å². The Bertz CT molecular complexity index is 216. The molecule has 0 aromatic rings. The van der Waals surface area contributed by atoms with Crippen molar-refractivity contribution in [2.75, 3.05) is 11.9 Å². The number of carbonyl (C=O) groups is 1. The van der Waals surface area contributed by atoms with E-state index in [1.54, 1.807) is 0 Å². The quantitative estimate of drug-likeness (QED) is 0.656. The van der Waals surface area contributed by atoms with Crippen LogP contribution in [0.4, 0.5) is 0 Å². The van der Waals surface area contributed by atoms with Crippen LogP contribution in [-0.2, 0) is 4.79 Å². The summed E-state index contributed by atoms with van der Waals surface area (Å²) >= 11 is 3.45. The molecule has 1 saturated carbocycles. The molecule has 3 heteroatoms. The maximum absolute atomic E-state index is 12.3. The van der Waals surface area contributed by atoms with E-state index in [0.717, 1.165) is 31.1 Å². The van der Waals surface area contributed by atoms with Crippen LogP contribution in [0.2, 0.25) is 0 Å². The van der Waals surface area contributed by atoms with Gasteiger partial charge in [0.2, 0.25) is 5.91 Å². The fourth-order valence-electron chi connectivity index (χ4n) is 2.24. The Morgan fingerprint density at radius 2 is 2.19 bits per heavy atom. The van der Waals surface area contributed by atoms with E-state index in [-0.39, 0.29) is 5.92 Å². The van der Waals surface area contributed by atoms with Crippen LogP contribution >= 0.6 is 15.9 Å². The maximum atomic E-state index is 12.3. The molecule has 1 fully saturated rings. The number of carbonyl (C=O) groups excluding carboxylic acids is 1. The zero-order chi connectivity index (χ0) is 12.0. The highest BCUT2D eigenvalue weighted by atomic mass is 79.9. The predicted molar refractivity (Wildman–Crippen MR) is 71.8 cm³/mol. The summed E-state index contributed by atoms with van der Waals surface area (Å²) in [5, 5.41) is 0.992. The molecule has 1 atom stereocenters. The lowest BCUT2D eigenvalue weighted by Crippen LogP contribution is -2.46. The second kappa shape index (κ2) is 7.31. The van der Waals surface area contributed by atoms with E-state index in [1.165, 1.54) is 19.3 Å². The average Bonchev–Trinajstić information content (AvgIpc) is 2.20. The number of hydrogen-bond donors (Lipinski definition) is 0. The molecule has 0 radical (unpaired) electrons. The van der Waals surface area contributed by atoms with Gasteiger partial charge in [0.15, 0.2) is 0 Å². The molecule has 1 rings (SSSR count). The molecule has 0 heterocycles. The molecule has 1 aliphatic rings. The van der Waals surface area contributed by atoms with Crippen LogP contribution in [0, 0.1) is 5.92 Å². The van der Waals surface area contributed by atoms with E-state index in [9.17, 15) is 4.79 Å². The Labute approximate surface area is 108 Å². The van der Waals surface area contributed by atoms with Crippen molar-refractivity contribution in [3.8, 4) is 0 Å². The molecule has 0 N–H and O–H groups in total. The van der Waals surface area contributed by atoms with E-state index in [2.05, 4.69) is 34.7 Å². The third kappa shape index (κ3) is 3.76. The van der Waals surface area contributed by atoms with E-state index >= 15 is 0 Å². The molecule has 0 saturated heterocycles. The minimum atomic E-state index is 0.209. The van der Waals surface area contributed by atoms with E-state index < -0.39 is 0 Å². The number of hydrogen-bond acceptors (Lipinski definition) is 1. The molecule has 0 spiro atoms. The summed E-state index contributed by atoms with van der Waals surface area (Å²) in [6.07, 6.45) is 6.92. The molecular weight excluding hydrogens is 266 g/mol. The first kappa shape index (κ1) is 14.0. The smallest absolute Gasteiger partial charge is 0.225 e. The van der Waals surface area contributed by atoms with Crippen LogP contribution in [0.25, 0.3) is 0 Å². The predicted octanol–water partition coefficient (Wildman–Crippen LogP) is 3.59. The summed E-state index contributed by atoms with van der Waals surface area (Å²) in [7, 11) is 0. The summed E-state index contributed by atoms with van der Waals surface area (Å²) in [5.74, 6) is 0.591. The van der Waals surface area contributed by atoms with Crippen molar-refractivity contribution in [3.05, 3.63) is 0 Å². The van der Waals surface area contributed by atoms with Gasteiger partial charge < -0.3 is 4.90 Å². The molecule has 0 aromatic heterocycles. The summed E-state index contributed by atoms with van der Waals surface area (Å²) in [5.41, 5.74) is 0. The summed E-state index contributed by atoms with van der Waals surface area (Å²) in [6, 6.07) is 0.547. The highest BCUT2D eigenvalue weighted by Gasteiger charge is 2.30. The standard InChI is InChI=1S/C13H24BrNO/c1-3-6-11(2)13(16)15(10-5-9-14)12-7-4-8-12/h11-12H,3-10H2,1-2H3. The summed E-state index contributed by atoms with van der Waals surface area (Å²) in [6.45, 7) is 5.16. The Morgan fingerprint density at radius 1 is 1.50 bits per heavy atom. The lowest BCUT2D eigenvalue weighted by atomic mass is 9.90. The first-order valence-corrected chi connectivity index (χ1v) is 7.69. The van der Waals surface area contributed by atoms with E-state index in [0.29, 0.717) is 11.9 Å². The molecule has 1 aliphatic carbocycles. The SMILES string of the molecule is CCCC(C)C(=O)N(CCCBr)C1CCC1. The molecule has 1 unspecified atom stereocenters. The van der Waals surface area contributed by atoms with Crippen molar-refractivity contribution in [2.24, 2.45) is 5.92 Å². The van der Waals surface area contributed by atoms with Crippen LogP contribution in [-0.4, -0.2) is 28.7 Å². The fraction of sp³-hybridized carbons (Fsp3) is 0.923. The molecule has 16 heavy (non-hydrogen) atoms. The van der Waals surface area contributed by atoms with Crippen molar-refractivity contribution in [1.29, 1.82) is 0 Å². The Kier molecular flexibility index (Phi) is 6.40. The molecular formula is C13H24BrNO. The fourth-order valence-corrected chi connectivity index (χ4v) is 2.49. The third-order valence-corrected chi connectivity index (χ3v) is 4.04. The summed E-state index contributed by atoms with van der Waals surface area (Å²) in [4.78, 5) is 14.4. The van der Waals surface area contributed by atoms with Gasteiger partial charge in [-0.2, -0.15) is 0 Å². The maximum Gasteiger partial charge on any atom is 0.225 e. The lowest BCUT2D eigenvalue weighted by Gasteiger charge is -2.39. The molecule has 2 nitrogen and oxygen atoms in total. The zero-order valence-corrected chi connectivity index (χ0v) is 12.1. The van der Waals surface area contributed by atoms with Crippen LogP contribution in [0.1, 0.15) is 52.4 Å². The molecule has 0 bridgehead atoms. The van der Waals surface area contributed by atoms with Gasteiger partial charge in [-0.05, 0) is 32.1 Å². The minimum absolute atomic E-state index is 0.209. The van der Waals surface area contributed by atoms with Crippen LogP contribution < -0.4 is 0 Å². The zero-order valence-electron chi connectivity index (χ0n) is 10.5. The van der Waals surface area contributed by atoms with Gasteiger partial charge in [-0.25, -0.2) is 0 Å². The monoisotopic (exact) mass is 289 g/mol. The molecule has 0 aromatic carbocycles. The van der Waals surface area contributed by atoms with Gasteiger partial charge in [0, 0.05) is 23.8 Å². The van der Waals surface area contributed by atoms with Crippen molar-refractivity contribution in [1.82, 2.24) is 4.90 Å². The first-order chi connectivity index (χ1) is 7.70. The van der Waals surface area contributed by atoms with Crippen molar-refractivity contribution < 1.29 is 4.79 Å². The topological polar surface area (TPSA) is 20.3 Å². The van der Waals surface area contributed by atoms with Gasteiger partial charge in [0.1, 0.15) is 0 Å². The number of nitrogens with zero attached hydrogens (tertiary/aromatic N) is 1. The highest BCUT2D eigenvalue weighted by molar-refractivity contribution is 9.09. The second-order valence-electron chi connectivity index (χ2n) is 4.85. The number of alkyl halides is 1. The Balaban J connectivity index is 2.49. The van der Waals surface area contributed by atoms with Gasteiger partial charge >= 0.3 is 0 Å². The second-order valence-corrected chi connectivity index (χ2v) is 5.64. The third-order valence-electron chi connectivity index (χ3n) is 3.47. The van der Waals surface area contributed by atoms with Crippen molar-refractivity contribution in [3.63, 3.8) is 0 Å². The minimum Gasteiger partial charge on any atom is -0.339 e.